The van der Waals surface area contributed by atoms with Gasteiger partial charge in [0.05, 0.1) is 0 Å². The molecule has 2 heterocycles. The summed E-state index contributed by atoms with van der Waals surface area (Å²) in [4.78, 5) is 5.11. The number of rotatable bonds is 1. The maximum Gasteiger partial charge on any atom is 0.0195 e. The minimum absolute atomic E-state index is 0.906. The third kappa shape index (κ3) is 1.95. The Bertz CT molecular complexity index is 137. The van der Waals surface area contributed by atoms with Crippen LogP contribution in [0.4, 0.5) is 0 Å². The largest absolute Gasteiger partial charge is 0.304 e. The molecule has 0 aromatic heterocycles. The Labute approximate surface area is 79.3 Å². The van der Waals surface area contributed by atoms with Gasteiger partial charge in [0.1, 0.15) is 0 Å². The van der Waals surface area contributed by atoms with Crippen molar-refractivity contribution in [2.75, 3.05) is 44.7 Å². The van der Waals surface area contributed by atoms with E-state index in [1.54, 1.807) is 0 Å². The lowest BCUT2D eigenvalue weighted by Crippen LogP contribution is -2.49. The predicted octanol–water partition coefficient (Wildman–Crippen LogP) is 0.739. The highest BCUT2D eigenvalue weighted by atomic mass is 32.2. The van der Waals surface area contributed by atoms with Crippen molar-refractivity contribution in [2.24, 2.45) is 0 Å². The molecule has 3 heteroatoms. The van der Waals surface area contributed by atoms with E-state index in [9.17, 15) is 0 Å². The number of hydrogen-bond acceptors (Lipinski definition) is 3. The topological polar surface area (TPSA) is 6.48 Å². The highest BCUT2D eigenvalue weighted by Gasteiger charge is 2.24. The van der Waals surface area contributed by atoms with E-state index in [4.69, 9.17) is 0 Å². The van der Waals surface area contributed by atoms with Gasteiger partial charge in [0.15, 0.2) is 0 Å². The number of likely N-dealkylation sites (N-methyl/N-ethyl adjacent to an activating group) is 1. The molecule has 1 atom stereocenters. The fraction of sp³-hybridized carbons (Fsp3) is 1.00. The molecule has 0 amide bonds. The van der Waals surface area contributed by atoms with Crippen molar-refractivity contribution in [1.82, 2.24) is 9.80 Å². The molecule has 1 unspecified atom stereocenters. The Balaban J connectivity index is 1.80. The van der Waals surface area contributed by atoms with Crippen molar-refractivity contribution in [3.63, 3.8) is 0 Å². The summed E-state index contributed by atoms with van der Waals surface area (Å²) in [6.07, 6.45) is 1.42. The van der Waals surface area contributed by atoms with Gasteiger partial charge in [-0.25, -0.2) is 0 Å². The van der Waals surface area contributed by atoms with E-state index in [0.717, 1.165) is 6.04 Å². The van der Waals surface area contributed by atoms with Crippen LogP contribution in [0.25, 0.3) is 0 Å². The molecule has 2 nitrogen and oxygen atoms in total. The van der Waals surface area contributed by atoms with Crippen LogP contribution in [0.5, 0.6) is 0 Å². The third-order valence-electron chi connectivity index (χ3n) is 2.96. The monoisotopic (exact) mass is 186 g/mol. The van der Waals surface area contributed by atoms with E-state index in [-0.39, 0.29) is 0 Å². The van der Waals surface area contributed by atoms with Gasteiger partial charge in [-0.2, -0.15) is 11.8 Å². The van der Waals surface area contributed by atoms with Crippen molar-refractivity contribution >= 4 is 11.8 Å². The van der Waals surface area contributed by atoms with Gasteiger partial charge in [0, 0.05) is 38.0 Å². The van der Waals surface area contributed by atoms with Crippen molar-refractivity contribution in [2.45, 2.75) is 12.5 Å². The molecule has 0 N–H and O–H groups in total. The summed E-state index contributed by atoms with van der Waals surface area (Å²) in [5.41, 5.74) is 0. The zero-order chi connectivity index (χ0) is 8.39. The van der Waals surface area contributed by atoms with Crippen LogP contribution in [0, 0.1) is 0 Å². The minimum atomic E-state index is 0.906. The molecule has 0 saturated carbocycles. The van der Waals surface area contributed by atoms with Gasteiger partial charge in [0.25, 0.3) is 0 Å². The molecule has 0 bridgehead atoms. The standard InChI is InChI=1S/C9H18N2S/c1-10-3-5-11(6-4-10)9-2-7-12-8-9/h9H,2-8H2,1H3. The maximum absolute atomic E-state index is 2.68. The molecule has 0 aromatic rings. The normalized spacial score (nSPS) is 34.2. The molecule has 2 saturated heterocycles. The van der Waals surface area contributed by atoms with Gasteiger partial charge in [-0.3, -0.25) is 4.90 Å². The average Bonchev–Trinajstić information content (AvgIpc) is 2.58. The van der Waals surface area contributed by atoms with Gasteiger partial charge in [-0.15, -0.1) is 0 Å². The van der Waals surface area contributed by atoms with Crippen LogP contribution in [0.15, 0.2) is 0 Å². The zero-order valence-electron chi connectivity index (χ0n) is 7.83. The summed E-state index contributed by atoms with van der Waals surface area (Å²) in [5.74, 6) is 2.76. The lowest BCUT2D eigenvalue weighted by atomic mass is 10.2. The first-order valence-electron chi connectivity index (χ1n) is 4.86. The number of nitrogens with zero attached hydrogens (tertiary/aromatic N) is 2. The lowest BCUT2D eigenvalue weighted by Gasteiger charge is -2.36. The minimum Gasteiger partial charge on any atom is -0.304 e. The summed E-state index contributed by atoms with van der Waals surface area (Å²) < 4.78 is 0. The Morgan fingerprint density at radius 1 is 1.17 bits per heavy atom. The smallest absolute Gasteiger partial charge is 0.0195 e. The molecule has 12 heavy (non-hydrogen) atoms. The van der Waals surface area contributed by atoms with Crippen LogP contribution >= 0.6 is 11.8 Å². The second kappa shape index (κ2) is 3.99. The first-order chi connectivity index (χ1) is 5.86. The van der Waals surface area contributed by atoms with E-state index in [1.807, 2.05) is 0 Å². The number of hydrogen-bond donors (Lipinski definition) is 0. The summed E-state index contributed by atoms with van der Waals surface area (Å²) in [5, 5.41) is 0. The Kier molecular flexibility index (Phi) is 2.94. The first kappa shape index (κ1) is 8.85. The molecule has 2 aliphatic rings. The first-order valence-corrected chi connectivity index (χ1v) is 6.02. The van der Waals surface area contributed by atoms with Crippen molar-refractivity contribution in [3.05, 3.63) is 0 Å². The Hall–Kier alpha value is 0.270. The number of piperazine rings is 1. The van der Waals surface area contributed by atoms with Gasteiger partial charge >= 0.3 is 0 Å². The summed E-state index contributed by atoms with van der Waals surface area (Å²) >= 11 is 2.12. The molecule has 0 aromatic carbocycles. The van der Waals surface area contributed by atoms with E-state index in [0.29, 0.717) is 0 Å². The quantitative estimate of drug-likeness (QED) is 0.596. The molecule has 2 fully saturated rings. The van der Waals surface area contributed by atoms with Gasteiger partial charge < -0.3 is 4.90 Å². The average molecular weight is 186 g/mol. The SMILES string of the molecule is CN1CCN(C2CCSC2)CC1. The van der Waals surface area contributed by atoms with Crippen LogP contribution in [-0.4, -0.2) is 60.6 Å². The van der Waals surface area contributed by atoms with Crippen LogP contribution in [0.2, 0.25) is 0 Å². The van der Waals surface area contributed by atoms with Crippen LogP contribution in [0.1, 0.15) is 6.42 Å². The summed E-state index contributed by atoms with van der Waals surface area (Å²) in [7, 11) is 2.22. The van der Waals surface area contributed by atoms with E-state index < -0.39 is 0 Å². The van der Waals surface area contributed by atoms with E-state index in [2.05, 4.69) is 28.6 Å². The molecule has 0 spiro atoms. The van der Waals surface area contributed by atoms with Crippen molar-refractivity contribution < 1.29 is 0 Å². The molecule has 2 aliphatic heterocycles. The molecular formula is C9H18N2S. The Morgan fingerprint density at radius 3 is 2.50 bits per heavy atom. The third-order valence-corrected chi connectivity index (χ3v) is 4.10. The predicted molar refractivity (Wildman–Crippen MR) is 54.8 cm³/mol. The fourth-order valence-corrected chi connectivity index (χ4v) is 3.25. The number of thioether (sulfide) groups is 1. The molecule has 0 radical (unpaired) electrons. The maximum atomic E-state index is 2.68. The van der Waals surface area contributed by atoms with Crippen LogP contribution in [0.3, 0.4) is 0 Å². The van der Waals surface area contributed by atoms with E-state index in [1.165, 1.54) is 44.1 Å². The van der Waals surface area contributed by atoms with Crippen molar-refractivity contribution in [3.8, 4) is 0 Å². The Morgan fingerprint density at radius 2 is 1.92 bits per heavy atom. The second-order valence-corrected chi connectivity index (χ2v) is 5.01. The molecule has 2 rings (SSSR count). The summed E-state index contributed by atoms with van der Waals surface area (Å²) in [6.45, 7) is 5.12. The fourth-order valence-electron chi connectivity index (χ4n) is 2.00. The molecule has 70 valence electrons. The van der Waals surface area contributed by atoms with E-state index >= 15 is 0 Å². The van der Waals surface area contributed by atoms with Crippen molar-refractivity contribution in [1.29, 1.82) is 0 Å². The van der Waals surface area contributed by atoms with Gasteiger partial charge in [-0.1, -0.05) is 0 Å². The highest BCUT2D eigenvalue weighted by molar-refractivity contribution is 7.99. The summed E-state index contributed by atoms with van der Waals surface area (Å²) in [6, 6.07) is 0.906. The van der Waals surface area contributed by atoms with Gasteiger partial charge in [0.2, 0.25) is 0 Å². The second-order valence-electron chi connectivity index (χ2n) is 3.86. The van der Waals surface area contributed by atoms with Gasteiger partial charge in [-0.05, 0) is 19.2 Å². The van der Waals surface area contributed by atoms with Crippen LogP contribution < -0.4 is 0 Å². The zero-order valence-corrected chi connectivity index (χ0v) is 8.65. The van der Waals surface area contributed by atoms with Crippen LogP contribution in [-0.2, 0) is 0 Å². The highest BCUT2D eigenvalue weighted by Crippen LogP contribution is 2.22. The molecular weight excluding hydrogens is 168 g/mol. The molecule has 0 aliphatic carbocycles. The lowest BCUT2D eigenvalue weighted by molar-refractivity contribution is 0.121.